The van der Waals surface area contributed by atoms with E-state index in [1.54, 1.807) is 36.4 Å². The van der Waals surface area contributed by atoms with E-state index < -0.39 is 11.9 Å². The van der Waals surface area contributed by atoms with Gasteiger partial charge in [-0.3, -0.25) is 9.69 Å². The smallest absolute Gasteiger partial charge is 0.354 e. The number of carbonyl (C=O) groups is 2. The molecule has 30 heavy (non-hydrogen) atoms. The summed E-state index contributed by atoms with van der Waals surface area (Å²) in [4.78, 5) is 30.1. The first-order valence-corrected chi connectivity index (χ1v) is 8.94. The minimum Gasteiger partial charge on any atom is -0.477 e. The molecule has 9 heteroatoms. The third-order valence-electron chi connectivity index (χ3n) is 4.62. The summed E-state index contributed by atoms with van der Waals surface area (Å²) in [7, 11) is 0. The minimum absolute atomic E-state index is 0.0229. The van der Waals surface area contributed by atoms with E-state index in [1.165, 1.54) is 23.1 Å². The zero-order chi connectivity index (χ0) is 20.7. The van der Waals surface area contributed by atoms with E-state index in [0.717, 1.165) is 0 Å². The fourth-order valence-electron chi connectivity index (χ4n) is 3.22. The molecule has 2 aromatic carbocycles. The molecular formula is C21H14N2O7. The molecule has 0 unspecified atom stereocenters. The average molecular weight is 406 g/mol. The molecule has 5 rings (SSSR count). The highest BCUT2D eigenvalue weighted by Crippen LogP contribution is 2.41. The molecule has 0 atom stereocenters. The Hall–Kier alpha value is -4.27. The van der Waals surface area contributed by atoms with Gasteiger partial charge in [-0.15, -0.1) is 0 Å². The summed E-state index contributed by atoms with van der Waals surface area (Å²) in [5.41, 5.74) is 0.735. The number of pyridine rings is 1. The zero-order valence-electron chi connectivity index (χ0n) is 15.4. The van der Waals surface area contributed by atoms with Crippen LogP contribution in [0.1, 0.15) is 21.0 Å². The van der Waals surface area contributed by atoms with E-state index in [9.17, 15) is 14.7 Å². The van der Waals surface area contributed by atoms with Crippen molar-refractivity contribution in [1.82, 2.24) is 4.98 Å². The van der Waals surface area contributed by atoms with Gasteiger partial charge in [0.1, 0.15) is 11.4 Å². The van der Waals surface area contributed by atoms with Gasteiger partial charge >= 0.3 is 5.97 Å². The standard InChI is InChI=1S/C21H14N2O7/c24-20(14-2-1-3-15(22-14)21(25)26)23(12-4-6-16-18(8-12)29-10-27-16)13-5-7-17-19(9-13)30-11-28-17/h1-9H,10-11H2,(H,25,26). The highest BCUT2D eigenvalue weighted by molar-refractivity contribution is 6.10. The number of carbonyl (C=O) groups excluding carboxylic acids is 1. The van der Waals surface area contributed by atoms with Gasteiger partial charge in [-0.05, 0) is 36.4 Å². The number of benzene rings is 2. The number of anilines is 2. The predicted octanol–water partition coefficient (Wildman–Crippen LogP) is 3.22. The van der Waals surface area contributed by atoms with Crippen LogP contribution < -0.4 is 23.8 Å². The number of ether oxygens (including phenoxy) is 4. The maximum atomic E-state index is 13.4. The number of carboxylic acid groups (broad SMARTS) is 1. The van der Waals surface area contributed by atoms with Crippen LogP contribution in [-0.2, 0) is 0 Å². The van der Waals surface area contributed by atoms with Crippen LogP contribution in [0.3, 0.4) is 0 Å². The van der Waals surface area contributed by atoms with Crippen molar-refractivity contribution in [2.75, 3.05) is 18.5 Å². The van der Waals surface area contributed by atoms with Gasteiger partial charge in [0.15, 0.2) is 23.0 Å². The number of carboxylic acids is 1. The fraction of sp³-hybridized carbons (Fsp3) is 0.0952. The normalized spacial score (nSPS) is 13.2. The van der Waals surface area contributed by atoms with Gasteiger partial charge in [-0.2, -0.15) is 0 Å². The lowest BCUT2D eigenvalue weighted by Gasteiger charge is -2.23. The highest BCUT2D eigenvalue weighted by atomic mass is 16.7. The van der Waals surface area contributed by atoms with Crippen LogP contribution in [0.2, 0.25) is 0 Å². The summed E-state index contributed by atoms with van der Waals surface area (Å²) >= 11 is 0. The van der Waals surface area contributed by atoms with Gasteiger partial charge < -0.3 is 24.1 Å². The molecular weight excluding hydrogens is 392 g/mol. The molecule has 0 spiro atoms. The molecule has 0 radical (unpaired) electrons. The Labute approximate surface area is 170 Å². The highest BCUT2D eigenvalue weighted by Gasteiger charge is 2.26. The number of hydrogen-bond donors (Lipinski definition) is 1. The molecule has 0 saturated heterocycles. The average Bonchev–Trinajstić information content (AvgIpc) is 3.42. The van der Waals surface area contributed by atoms with E-state index in [2.05, 4.69) is 4.98 Å². The topological polar surface area (TPSA) is 107 Å². The molecule has 1 aromatic heterocycles. The van der Waals surface area contributed by atoms with Crippen molar-refractivity contribution in [3.05, 3.63) is 66.0 Å². The van der Waals surface area contributed by atoms with Crippen LogP contribution in [0.4, 0.5) is 11.4 Å². The largest absolute Gasteiger partial charge is 0.477 e. The van der Waals surface area contributed by atoms with Gasteiger partial charge in [0.2, 0.25) is 13.6 Å². The van der Waals surface area contributed by atoms with Gasteiger partial charge in [-0.25, -0.2) is 9.78 Å². The van der Waals surface area contributed by atoms with Crippen LogP contribution >= 0.6 is 0 Å². The summed E-state index contributed by atoms with van der Waals surface area (Å²) in [6, 6.07) is 14.4. The molecule has 2 aliphatic heterocycles. The first kappa shape index (κ1) is 17.8. The second-order valence-corrected chi connectivity index (χ2v) is 6.43. The lowest BCUT2D eigenvalue weighted by atomic mass is 10.1. The molecule has 1 amide bonds. The predicted molar refractivity (Wildman–Crippen MR) is 103 cm³/mol. The number of rotatable bonds is 4. The van der Waals surface area contributed by atoms with Crippen molar-refractivity contribution >= 4 is 23.3 Å². The molecule has 0 fully saturated rings. The van der Waals surface area contributed by atoms with Gasteiger partial charge in [0.05, 0.1) is 11.4 Å². The van der Waals surface area contributed by atoms with Crippen LogP contribution in [0.25, 0.3) is 0 Å². The Morgan fingerprint density at radius 2 is 1.30 bits per heavy atom. The summed E-state index contributed by atoms with van der Waals surface area (Å²) in [6.45, 7) is 0.192. The van der Waals surface area contributed by atoms with Gasteiger partial charge in [-0.1, -0.05) is 6.07 Å². The van der Waals surface area contributed by atoms with E-state index in [1.807, 2.05) is 0 Å². The maximum Gasteiger partial charge on any atom is 0.354 e. The molecule has 1 N–H and O–H groups in total. The number of aromatic carboxylic acids is 1. The second kappa shape index (κ2) is 6.96. The molecule has 0 bridgehead atoms. The Kier molecular flexibility index (Phi) is 4.13. The number of aromatic nitrogens is 1. The number of amides is 1. The quantitative estimate of drug-likeness (QED) is 0.704. The number of nitrogens with zero attached hydrogens (tertiary/aromatic N) is 2. The maximum absolute atomic E-state index is 13.4. The van der Waals surface area contributed by atoms with Crippen LogP contribution in [0.5, 0.6) is 23.0 Å². The minimum atomic E-state index is -1.22. The first-order valence-electron chi connectivity index (χ1n) is 8.94. The third-order valence-corrected chi connectivity index (χ3v) is 4.62. The van der Waals surface area contributed by atoms with E-state index >= 15 is 0 Å². The third kappa shape index (κ3) is 3.02. The van der Waals surface area contributed by atoms with Crippen molar-refractivity contribution in [3.63, 3.8) is 0 Å². The van der Waals surface area contributed by atoms with Crippen molar-refractivity contribution in [3.8, 4) is 23.0 Å². The van der Waals surface area contributed by atoms with Crippen LogP contribution in [0, 0.1) is 0 Å². The van der Waals surface area contributed by atoms with Crippen molar-refractivity contribution in [2.24, 2.45) is 0 Å². The van der Waals surface area contributed by atoms with Crippen molar-refractivity contribution in [1.29, 1.82) is 0 Å². The summed E-state index contributed by atoms with van der Waals surface area (Å²) < 4.78 is 21.6. The lowest BCUT2D eigenvalue weighted by Crippen LogP contribution is -2.27. The summed E-state index contributed by atoms with van der Waals surface area (Å²) in [5, 5.41) is 9.23. The SMILES string of the molecule is O=C(O)c1cccc(C(=O)N(c2ccc3c(c2)OCO3)c2ccc3c(c2)OCO3)n1. The molecule has 9 nitrogen and oxygen atoms in total. The Balaban J connectivity index is 1.62. The number of fused-ring (bicyclic) bond motifs is 2. The fourth-order valence-corrected chi connectivity index (χ4v) is 3.22. The monoisotopic (exact) mass is 406 g/mol. The molecule has 3 heterocycles. The molecule has 0 saturated carbocycles. The second-order valence-electron chi connectivity index (χ2n) is 6.43. The Morgan fingerprint density at radius 1 is 0.767 bits per heavy atom. The number of hydrogen-bond acceptors (Lipinski definition) is 7. The summed E-state index contributed by atoms with van der Waals surface area (Å²) in [6.07, 6.45) is 0. The zero-order valence-corrected chi connectivity index (χ0v) is 15.4. The van der Waals surface area contributed by atoms with Gasteiger partial charge in [0.25, 0.3) is 5.91 Å². The first-order chi connectivity index (χ1) is 14.6. The van der Waals surface area contributed by atoms with E-state index in [4.69, 9.17) is 18.9 Å². The molecule has 2 aliphatic rings. The van der Waals surface area contributed by atoms with E-state index in [-0.39, 0.29) is 25.0 Å². The molecule has 3 aromatic rings. The summed E-state index contributed by atoms with van der Waals surface area (Å²) in [5.74, 6) is 0.403. The lowest BCUT2D eigenvalue weighted by molar-refractivity contribution is 0.0690. The van der Waals surface area contributed by atoms with Crippen LogP contribution in [0.15, 0.2) is 54.6 Å². The Morgan fingerprint density at radius 3 is 1.87 bits per heavy atom. The molecule has 150 valence electrons. The molecule has 0 aliphatic carbocycles. The van der Waals surface area contributed by atoms with E-state index in [0.29, 0.717) is 34.4 Å². The van der Waals surface area contributed by atoms with Gasteiger partial charge in [0, 0.05) is 12.1 Å². The van der Waals surface area contributed by atoms with Crippen LogP contribution in [-0.4, -0.2) is 35.6 Å². The van der Waals surface area contributed by atoms with Crippen molar-refractivity contribution in [2.45, 2.75) is 0 Å². The Bertz CT molecular complexity index is 1120. The van der Waals surface area contributed by atoms with Crippen molar-refractivity contribution < 1.29 is 33.6 Å².